The van der Waals surface area contributed by atoms with Gasteiger partial charge >= 0.3 is 0 Å². The van der Waals surface area contributed by atoms with Crippen LogP contribution in [0.25, 0.3) is 0 Å². The molecule has 2 N–H and O–H groups in total. The highest BCUT2D eigenvalue weighted by atomic mass is 79.9. The first kappa shape index (κ1) is 13.8. The first-order valence-electron chi connectivity index (χ1n) is 4.28. The van der Waals surface area contributed by atoms with E-state index in [0.717, 1.165) is 22.2 Å². The Bertz CT molecular complexity index is 293. The second-order valence-corrected chi connectivity index (χ2v) is 3.82. The van der Waals surface area contributed by atoms with Gasteiger partial charge in [-0.3, -0.25) is 0 Å². The number of benzene rings is 1. The number of methoxy groups -OCH3 is 1. The van der Waals surface area contributed by atoms with Gasteiger partial charge in [-0.15, -0.1) is 12.4 Å². The van der Waals surface area contributed by atoms with Crippen LogP contribution in [0.1, 0.15) is 24.9 Å². The molecule has 0 amide bonds. The lowest BCUT2D eigenvalue weighted by molar-refractivity contribution is 0.404. The van der Waals surface area contributed by atoms with Crippen LogP contribution in [0.4, 0.5) is 0 Å². The minimum atomic E-state index is 0. The van der Waals surface area contributed by atoms with Crippen molar-refractivity contribution in [3.8, 4) is 5.75 Å². The standard InChI is InChI=1S/C10H14BrNO.ClH/c1-3-9(12)8-5-4-7(11)6-10(8)13-2;/h4-6,9H,3,12H2,1-2H3;1H/t9-;/m1./s1. The van der Waals surface area contributed by atoms with E-state index in [2.05, 4.69) is 22.9 Å². The molecule has 2 nitrogen and oxygen atoms in total. The summed E-state index contributed by atoms with van der Waals surface area (Å²) in [7, 11) is 1.66. The predicted molar refractivity (Wildman–Crippen MR) is 65.2 cm³/mol. The second kappa shape index (κ2) is 6.27. The SMILES string of the molecule is CC[C@@H](N)c1ccc(Br)cc1OC.Cl. The van der Waals surface area contributed by atoms with Gasteiger partial charge in [0, 0.05) is 16.1 Å². The zero-order chi connectivity index (χ0) is 9.84. The van der Waals surface area contributed by atoms with Crippen LogP contribution < -0.4 is 10.5 Å². The molecular formula is C10H15BrClNO. The molecule has 0 saturated heterocycles. The quantitative estimate of drug-likeness (QED) is 0.922. The Morgan fingerprint density at radius 2 is 2.14 bits per heavy atom. The summed E-state index contributed by atoms with van der Waals surface area (Å²) >= 11 is 3.39. The van der Waals surface area contributed by atoms with Gasteiger partial charge in [0.2, 0.25) is 0 Å². The highest BCUT2D eigenvalue weighted by Gasteiger charge is 2.09. The first-order chi connectivity index (χ1) is 6.19. The molecule has 0 bridgehead atoms. The summed E-state index contributed by atoms with van der Waals surface area (Å²) in [5.41, 5.74) is 6.99. The van der Waals surface area contributed by atoms with Crippen molar-refractivity contribution in [2.75, 3.05) is 7.11 Å². The van der Waals surface area contributed by atoms with Crippen LogP contribution in [0.2, 0.25) is 0 Å². The number of nitrogens with two attached hydrogens (primary N) is 1. The third kappa shape index (κ3) is 3.15. The van der Waals surface area contributed by atoms with Crippen LogP contribution in [0.3, 0.4) is 0 Å². The van der Waals surface area contributed by atoms with E-state index in [1.54, 1.807) is 7.11 Å². The minimum Gasteiger partial charge on any atom is -0.496 e. The van der Waals surface area contributed by atoms with Gasteiger partial charge in [-0.05, 0) is 18.6 Å². The molecule has 0 aliphatic rings. The predicted octanol–water partition coefficient (Wildman–Crippen LogP) is 3.29. The van der Waals surface area contributed by atoms with E-state index in [-0.39, 0.29) is 18.4 Å². The van der Waals surface area contributed by atoms with Crippen molar-refractivity contribution >= 4 is 28.3 Å². The van der Waals surface area contributed by atoms with Crippen molar-refractivity contribution in [3.05, 3.63) is 28.2 Å². The Morgan fingerprint density at radius 3 is 2.64 bits per heavy atom. The Balaban J connectivity index is 0.00000169. The maximum absolute atomic E-state index is 5.93. The van der Waals surface area contributed by atoms with Crippen LogP contribution in [-0.2, 0) is 0 Å². The Labute approximate surface area is 99.4 Å². The number of halogens is 2. The summed E-state index contributed by atoms with van der Waals surface area (Å²) in [6.45, 7) is 2.06. The second-order valence-electron chi connectivity index (χ2n) is 2.90. The Hall–Kier alpha value is -0.250. The van der Waals surface area contributed by atoms with Crippen LogP contribution >= 0.6 is 28.3 Å². The topological polar surface area (TPSA) is 35.2 Å². The molecule has 0 radical (unpaired) electrons. The molecule has 80 valence electrons. The van der Waals surface area contributed by atoms with Crippen molar-refractivity contribution in [1.82, 2.24) is 0 Å². The third-order valence-electron chi connectivity index (χ3n) is 2.03. The van der Waals surface area contributed by atoms with Crippen LogP contribution in [-0.4, -0.2) is 7.11 Å². The number of rotatable bonds is 3. The average Bonchev–Trinajstić information content (AvgIpc) is 2.16. The number of hydrogen-bond donors (Lipinski definition) is 1. The summed E-state index contributed by atoms with van der Waals surface area (Å²) in [4.78, 5) is 0. The van der Waals surface area contributed by atoms with Crippen molar-refractivity contribution < 1.29 is 4.74 Å². The molecule has 1 rings (SSSR count). The van der Waals surface area contributed by atoms with Gasteiger partial charge in [-0.25, -0.2) is 0 Å². The van der Waals surface area contributed by atoms with E-state index in [1.807, 2.05) is 18.2 Å². The van der Waals surface area contributed by atoms with Gasteiger partial charge in [-0.2, -0.15) is 0 Å². The van der Waals surface area contributed by atoms with E-state index < -0.39 is 0 Å². The molecule has 1 aromatic rings. The zero-order valence-corrected chi connectivity index (χ0v) is 10.7. The fourth-order valence-corrected chi connectivity index (χ4v) is 1.55. The van der Waals surface area contributed by atoms with Gasteiger partial charge in [0.25, 0.3) is 0 Å². The fraction of sp³-hybridized carbons (Fsp3) is 0.400. The van der Waals surface area contributed by atoms with Gasteiger partial charge in [0.1, 0.15) is 5.75 Å². The molecule has 1 aromatic carbocycles. The molecule has 0 aromatic heterocycles. The van der Waals surface area contributed by atoms with Crippen LogP contribution in [0, 0.1) is 0 Å². The lowest BCUT2D eigenvalue weighted by atomic mass is 10.0. The lowest BCUT2D eigenvalue weighted by Crippen LogP contribution is -2.09. The highest BCUT2D eigenvalue weighted by Crippen LogP contribution is 2.28. The van der Waals surface area contributed by atoms with Gasteiger partial charge < -0.3 is 10.5 Å². The maximum atomic E-state index is 5.93. The Kier molecular flexibility index (Phi) is 6.16. The summed E-state index contributed by atoms with van der Waals surface area (Å²) in [5, 5.41) is 0. The van der Waals surface area contributed by atoms with E-state index in [9.17, 15) is 0 Å². The van der Waals surface area contributed by atoms with Crippen molar-refractivity contribution in [3.63, 3.8) is 0 Å². The molecule has 1 atom stereocenters. The van der Waals surface area contributed by atoms with E-state index >= 15 is 0 Å². The summed E-state index contributed by atoms with van der Waals surface area (Å²) in [5.74, 6) is 0.851. The largest absolute Gasteiger partial charge is 0.496 e. The van der Waals surface area contributed by atoms with E-state index in [4.69, 9.17) is 10.5 Å². The molecule has 0 aliphatic carbocycles. The minimum absolute atomic E-state index is 0. The molecule has 14 heavy (non-hydrogen) atoms. The van der Waals surface area contributed by atoms with Crippen LogP contribution in [0.15, 0.2) is 22.7 Å². The first-order valence-corrected chi connectivity index (χ1v) is 5.07. The van der Waals surface area contributed by atoms with Crippen molar-refractivity contribution in [2.24, 2.45) is 5.73 Å². The summed E-state index contributed by atoms with van der Waals surface area (Å²) < 4.78 is 6.25. The molecule has 0 saturated carbocycles. The van der Waals surface area contributed by atoms with Gasteiger partial charge in [-0.1, -0.05) is 28.9 Å². The highest BCUT2D eigenvalue weighted by molar-refractivity contribution is 9.10. The number of hydrogen-bond acceptors (Lipinski definition) is 2. The Morgan fingerprint density at radius 1 is 1.50 bits per heavy atom. The van der Waals surface area contributed by atoms with E-state index in [1.165, 1.54) is 0 Å². The van der Waals surface area contributed by atoms with E-state index in [0.29, 0.717) is 0 Å². The van der Waals surface area contributed by atoms with Gasteiger partial charge in [0.15, 0.2) is 0 Å². The summed E-state index contributed by atoms with van der Waals surface area (Å²) in [6.07, 6.45) is 0.915. The zero-order valence-electron chi connectivity index (χ0n) is 8.29. The molecule has 0 heterocycles. The molecule has 4 heteroatoms. The molecule has 0 spiro atoms. The maximum Gasteiger partial charge on any atom is 0.124 e. The molecular weight excluding hydrogens is 265 g/mol. The normalized spacial score (nSPS) is 11.7. The van der Waals surface area contributed by atoms with Crippen LogP contribution in [0.5, 0.6) is 5.75 Å². The summed E-state index contributed by atoms with van der Waals surface area (Å²) in [6, 6.07) is 5.97. The van der Waals surface area contributed by atoms with Gasteiger partial charge in [0.05, 0.1) is 7.11 Å². The average molecular weight is 281 g/mol. The lowest BCUT2D eigenvalue weighted by Gasteiger charge is -2.13. The third-order valence-corrected chi connectivity index (χ3v) is 2.53. The van der Waals surface area contributed by atoms with Crippen molar-refractivity contribution in [1.29, 1.82) is 0 Å². The molecule has 0 unspecified atom stereocenters. The monoisotopic (exact) mass is 279 g/mol. The fourth-order valence-electron chi connectivity index (χ4n) is 1.21. The smallest absolute Gasteiger partial charge is 0.124 e. The molecule has 0 aliphatic heterocycles. The number of ether oxygens (including phenoxy) is 1. The van der Waals surface area contributed by atoms with Crippen molar-refractivity contribution in [2.45, 2.75) is 19.4 Å². The molecule has 0 fully saturated rings.